The molecular formula is C11H11NO2. The van der Waals surface area contributed by atoms with Crippen molar-refractivity contribution < 1.29 is 4.92 Å². The van der Waals surface area contributed by atoms with E-state index in [4.69, 9.17) is 0 Å². The van der Waals surface area contributed by atoms with Crippen molar-refractivity contribution in [1.29, 1.82) is 0 Å². The lowest BCUT2D eigenvalue weighted by Crippen LogP contribution is -1.95. The molecule has 0 radical (unpaired) electrons. The third-order valence-electron chi connectivity index (χ3n) is 2.47. The molecule has 14 heavy (non-hydrogen) atoms. The third kappa shape index (κ3) is 1.82. The number of nitro groups is 1. The second kappa shape index (κ2) is 3.62. The van der Waals surface area contributed by atoms with Gasteiger partial charge in [-0.15, -0.1) is 0 Å². The number of nitrogens with zero attached hydrogens (tertiary/aromatic N) is 1. The molecule has 1 fully saturated rings. The summed E-state index contributed by atoms with van der Waals surface area (Å²) >= 11 is 0. The van der Waals surface area contributed by atoms with E-state index in [0.717, 1.165) is 5.56 Å². The van der Waals surface area contributed by atoms with Gasteiger partial charge in [0, 0.05) is 12.1 Å². The molecule has 0 bridgehead atoms. The first-order valence-electron chi connectivity index (χ1n) is 4.69. The topological polar surface area (TPSA) is 43.1 Å². The minimum atomic E-state index is -0.375. The van der Waals surface area contributed by atoms with Crippen molar-refractivity contribution in [1.82, 2.24) is 0 Å². The number of rotatable bonds is 2. The van der Waals surface area contributed by atoms with Crippen LogP contribution >= 0.6 is 0 Å². The first kappa shape index (κ1) is 8.94. The molecule has 1 aliphatic carbocycles. The van der Waals surface area contributed by atoms with Gasteiger partial charge in [0.25, 0.3) is 5.69 Å². The van der Waals surface area contributed by atoms with E-state index in [0.29, 0.717) is 0 Å². The summed E-state index contributed by atoms with van der Waals surface area (Å²) in [5.74, 6) is 0. The molecule has 0 aliphatic heterocycles. The second-order valence-electron chi connectivity index (χ2n) is 3.50. The summed E-state index contributed by atoms with van der Waals surface area (Å²) in [5.41, 5.74) is 2.66. The summed E-state index contributed by atoms with van der Waals surface area (Å²) in [6, 6.07) is 6.68. The molecule has 0 heterocycles. The van der Waals surface area contributed by atoms with Gasteiger partial charge in [-0.3, -0.25) is 10.1 Å². The number of nitro benzene ring substituents is 1. The van der Waals surface area contributed by atoms with Crippen LogP contribution < -0.4 is 0 Å². The van der Waals surface area contributed by atoms with Crippen molar-refractivity contribution in [2.45, 2.75) is 19.3 Å². The zero-order valence-corrected chi connectivity index (χ0v) is 7.77. The van der Waals surface area contributed by atoms with Gasteiger partial charge in [-0.2, -0.15) is 0 Å². The minimum absolute atomic E-state index is 0.153. The first-order valence-corrected chi connectivity index (χ1v) is 4.69. The highest BCUT2D eigenvalue weighted by atomic mass is 16.6. The lowest BCUT2D eigenvalue weighted by atomic mass is 9.91. The van der Waals surface area contributed by atoms with Gasteiger partial charge in [-0.25, -0.2) is 0 Å². The Morgan fingerprint density at radius 2 is 1.86 bits per heavy atom. The Bertz CT molecular complexity index is 373. The van der Waals surface area contributed by atoms with Crippen molar-refractivity contribution in [3.63, 3.8) is 0 Å². The SMILES string of the molecule is O=[N+]([O-])c1ccc(C=C2CCC2)cc1. The van der Waals surface area contributed by atoms with Gasteiger partial charge in [0.2, 0.25) is 0 Å². The molecular weight excluding hydrogens is 178 g/mol. The molecule has 1 saturated carbocycles. The molecule has 0 N–H and O–H groups in total. The van der Waals surface area contributed by atoms with Crippen LogP contribution in [0, 0.1) is 10.1 Å². The van der Waals surface area contributed by atoms with E-state index in [2.05, 4.69) is 6.08 Å². The molecule has 0 saturated heterocycles. The average Bonchev–Trinajstić information content (AvgIpc) is 2.12. The van der Waals surface area contributed by atoms with Crippen LogP contribution in [0.1, 0.15) is 24.8 Å². The monoisotopic (exact) mass is 189 g/mol. The van der Waals surface area contributed by atoms with Crippen LogP contribution in [0.15, 0.2) is 29.8 Å². The van der Waals surface area contributed by atoms with E-state index in [1.165, 1.54) is 24.8 Å². The standard InChI is InChI=1S/C11H11NO2/c13-12(14)11-6-4-10(5-7-11)8-9-2-1-3-9/h4-8H,1-3H2. The van der Waals surface area contributed by atoms with Crippen molar-refractivity contribution in [2.24, 2.45) is 0 Å². The number of allylic oxidation sites excluding steroid dienone is 1. The maximum Gasteiger partial charge on any atom is 0.269 e. The summed E-state index contributed by atoms with van der Waals surface area (Å²) in [5, 5.41) is 10.4. The summed E-state index contributed by atoms with van der Waals surface area (Å²) < 4.78 is 0. The fraction of sp³-hybridized carbons (Fsp3) is 0.273. The Kier molecular flexibility index (Phi) is 2.31. The van der Waals surface area contributed by atoms with Crippen molar-refractivity contribution in [3.05, 3.63) is 45.5 Å². The normalized spacial score (nSPS) is 14.7. The Balaban J connectivity index is 2.17. The molecule has 1 aromatic carbocycles. The number of non-ortho nitro benzene ring substituents is 1. The molecule has 3 nitrogen and oxygen atoms in total. The molecule has 0 unspecified atom stereocenters. The van der Waals surface area contributed by atoms with Gasteiger partial charge in [0.05, 0.1) is 4.92 Å². The number of benzene rings is 1. The summed E-state index contributed by atoms with van der Waals surface area (Å²) in [6.07, 6.45) is 5.75. The van der Waals surface area contributed by atoms with E-state index >= 15 is 0 Å². The van der Waals surface area contributed by atoms with E-state index in [1.54, 1.807) is 24.3 Å². The molecule has 2 rings (SSSR count). The van der Waals surface area contributed by atoms with Crippen LogP contribution in [-0.4, -0.2) is 4.92 Å². The lowest BCUT2D eigenvalue weighted by Gasteiger charge is -2.15. The van der Waals surface area contributed by atoms with Crippen LogP contribution in [0.4, 0.5) is 5.69 Å². The van der Waals surface area contributed by atoms with E-state index in [-0.39, 0.29) is 10.6 Å². The maximum absolute atomic E-state index is 10.4. The molecule has 3 heteroatoms. The summed E-state index contributed by atoms with van der Waals surface area (Å²) in [7, 11) is 0. The van der Waals surface area contributed by atoms with Crippen LogP contribution in [0.3, 0.4) is 0 Å². The lowest BCUT2D eigenvalue weighted by molar-refractivity contribution is -0.384. The van der Waals surface area contributed by atoms with Crippen molar-refractivity contribution in [2.75, 3.05) is 0 Å². The molecule has 1 aromatic rings. The molecule has 0 atom stereocenters. The highest BCUT2D eigenvalue weighted by molar-refractivity contribution is 5.55. The van der Waals surface area contributed by atoms with Crippen LogP contribution in [0.25, 0.3) is 6.08 Å². The van der Waals surface area contributed by atoms with Gasteiger partial charge in [0.1, 0.15) is 0 Å². The second-order valence-corrected chi connectivity index (χ2v) is 3.50. The van der Waals surface area contributed by atoms with Gasteiger partial charge in [0.15, 0.2) is 0 Å². The summed E-state index contributed by atoms with van der Waals surface area (Å²) in [4.78, 5) is 10.0. The van der Waals surface area contributed by atoms with E-state index in [1.807, 2.05) is 0 Å². The van der Waals surface area contributed by atoms with Crippen LogP contribution in [-0.2, 0) is 0 Å². The predicted octanol–water partition coefficient (Wildman–Crippen LogP) is 3.16. The largest absolute Gasteiger partial charge is 0.269 e. The molecule has 72 valence electrons. The molecule has 0 aromatic heterocycles. The summed E-state index contributed by atoms with van der Waals surface area (Å²) in [6.45, 7) is 0. The van der Waals surface area contributed by atoms with Crippen molar-refractivity contribution >= 4 is 11.8 Å². The maximum atomic E-state index is 10.4. The zero-order chi connectivity index (χ0) is 9.97. The highest BCUT2D eigenvalue weighted by Gasteiger charge is 2.08. The predicted molar refractivity (Wildman–Crippen MR) is 54.9 cm³/mol. The minimum Gasteiger partial charge on any atom is -0.258 e. The first-order chi connectivity index (χ1) is 6.75. The Hall–Kier alpha value is -1.64. The molecule has 0 spiro atoms. The highest BCUT2D eigenvalue weighted by Crippen LogP contribution is 2.27. The van der Waals surface area contributed by atoms with Gasteiger partial charge in [-0.05, 0) is 37.0 Å². The average molecular weight is 189 g/mol. The zero-order valence-electron chi connectivity index (χ0n) is 7.77. The third-order valence-corrected chi connectivity index (χ3v) is 2.47. The van der Waals surface area contributed by atoms with E-state index in [9.17, 15) is 10.1 Å². The Morgan fingerprint density at radius 1 is 1.21 bits per heavy atom. The van der Waals surface area contributed by atoms with Crippen LogP contribution in [0.5, 0.6) is 0 Å². The quantitative estimate of drug-likeness (QED) is 0.529. The fourth-order valence-electron chi connectivity index (χ4n) is 1.45. The molecule has 1 aliphatic rings. The smallest absolute Gasteiger partial charge is 0.258 e. The van der Waals surface area contributed by atoms with Crippen molar-refractivity contribution in [3.8, 4) is 0 Å². The van der Waals surface area contributed by atoms with Gasteiger partial charge >= 0.3 is 0 Å². The fourth-order valence-corrected chi connectivity index (χ4v) is 1.45. The van der Waals surface area contributed by atoms with Gasteiger partial charge < -0.3 is 0 Å². The number of hydrogen-bond acceptors (Lipinski definition) is 2. The number of hydrogen-bond donors (Lipinski definition) is 0. The molecule has 0 amide bonds. The van der Waals surface area contributed by atoms with E-state index < -0.39 is 0 Å². The van der Waals surface area contributed by atoms with Gasteiger partial charge in [-0.1, -0.05) is 11.6 Å². The Labute approximate surface area is 82.2 Å². The Morgan fingerprint density at radius 3 is 2.29 bits per heavy atom. The van der Waals surface area contributed by atoms with Crippen LogP contribution in [0.2, 0.25) is 0 Å².